The molecule has 0 saturated carbocycles. The van der Waals surface area contributed by atoms with Crippen LogP contribution in [-0.2, 0) is 4.65 Å². The molecule has 4 nitrogen and oxygen atoms in total. The third kappa shape index (κ3) is 5.39. The van der Waals surface area contributed by atoms with E-state index in [-0.39, 0.29) is 0 Å². The molecule has 0 aliphatic heterocycles. The van der Waals surface area contributed by atoms with E-state index in [1.165, 1.54) is 10.8 Å². The molecule has 0 radical (unpaired) electrons. The average Bonchev–Trinajstić information content (AvgIpc) is 2.99. The van der Waals surface area contributed by atoms with Gasteiger partial charge in [0.05, 0.1) is 22.6 Å². The van der Waals surface area contributed by atoms with E-state index in [0.29, 0.717) is 13.3 Å². The fraction of sp³-hybridized carbons (Fsp3) is 0.167. The molecule has 0 saturated heterocycles. The molecule has 1 aromatic heterocycles. The molecular formula is C36H33BN2O2. The smallest absolute Gasteiger partial charge is 0.309 e. The molecule has 202 valence electrons. The van der Waals surface area contributed by atoms with Gasteiger partial charge in [0.25, 0.3) is 0 Å². The molecule has 0 aliphatic rings. The van der Waals surface area contributed by atoms with Gasteiger partial charge >= 0.3 is 7.48 Å². The molecule has 0 unspecified atom stereocenters. The Morgan fingerprint density at radius 3 is 1.68 bits per heavy atom. The topological polar surface area (TPSA) is 55.2 Å². The highest BCUT2D eigenvalue weighted by molar-refractivity contribution is 6.47. The van der Waals surface area contributed by atoms with E-state index in [1.807, 2.05) is 32.0 Å². The molecule has 0 fully saturated rings. The number of hydrogen-bond acceptors (Lipinski definition) is 4. The molecule has 6 aromatic rings. The van der Waals surface area contributed by atoms with Gasteiger partial charge < -0.3 is 9.76 Å². The minimum Gasteiger partial charge on any atom is -0.427 e. The lowest BCUT2D eigenvalue weighted by atomic mass is 9.82. The van der Waals surface area contributed by atoms with Gasteiger partial charge in [-0.15, -0.1) is 0 Å². The van der Waals surface area contributed by atoms with E-state index in [2.05, 4.69) is 97.1 Å². The first-order valence-electron chi connectivity index (χ1n) is 14.0. The van der Waals surface area contributed by atoms with Crippen LogP contribution in [0.4, 0.5) is 0 Å². The Kier molecular flexibility index (Phi) is 6.94. The highest BCUT2D eigenvalue weighted by Gasteiger charge is 2.35. The van der Waals surface area contributed by atoms with Gasteiger partial charge in [0.15, 0.2) is 5.82 Å². The summed E-state index contributed by atoms with van der Waals surface area (Å²) < 4.78 is 6.16. The van der Waals surface area contributed by atoms with Crippen molar-refractivity contribution in [1.82, 2.24) is 9.97 Å². The molecule has 0 atom stereocenters. The number of rotatable bonds is 7. The quantitative estimate of drug-likeness (QED) is 0.217. The van der Waals surface area contributed by atoms with Crippen LogP contribution < -0.4 is 5.46 Å². The molecule has 0 bridgehead atoms. The summed E-state index contributed by atoms with van der Waals surface area (Å²) >= 11 is 0. The van der Waals surface area contributed by atoms with Crippen LogP contribution in [-0.4, -0.2) is 33.8 Å². The standard InChI is InChI=1S/C36H33BN2O2/c1-35(2,40)36(3,4)41-37-27-17-9-16-26(22-27)34-38-32(30-20-10-14-24-12-5-7-18-28(24)30)23-33(39-34)31-21-11-15-25-13-6-8-19-29(25)31/h5-23,37,40H,1-4H3. The van der Waals surface area contributed by atoms with Gasteiger partial charge in [-0.1, -0.05) is 115 Å². The summed E-state index contributed by atoms with van der Waals surface area (Å²) in [5.41, 5.74) is 4.10. The van der Waals surface area contributed by atoms with Gasteiger partial charge in [0, 0.05) is 16.7 Å². The number of aromatic nitrogens is 2. The molecule has 0 spiro atoms. The minimum absolute atomic E-state index is 0.365. The fourth-order valence-electron chi connectivity index (χ4n) is 4.99. The average molecular weight is 536 g/mol. The number of benzene rings is 5. The van der Waals surface area contributed by atoms with Crippen LogP contribution >= 0.6 is 0 Å². The van der Waals surface area contributed by atoms with Crippen molar-refractivity contribution in [1.29, 1.82) is 0 Å². The molecule has 5 heteroatoms. The Balaban J connectivity index is 1.50. The summed E-state index contributed by atoms with van der Waals surface area (Å²) in [4.78, 5) is 10.3. The summed E-state index contributed by atoms with van der Waals surface area (Å²) in [5.74, 6) is 0.655. The van der Waals surface area contributed by atoms with Crippen LogP contribution in [0.1, 0.15) is 27.7 Å². The maximum absolute atomic E-state index is 10.5. The molecule has 0 amide bonds. The van der Waals surface area contributed by atoms with Gasteiger partial charge in [0.1, 0.15) is 0 Å². The lowest BCUT2D eigenvalue weighted by Crippen LogP contribution is -2.49. The zero-order valence-corrected chi connectivity index (χ0v) is 23.9. The van der Waals surface area contributed by atoms with Crippen molar-refractivity contribution in [2.45, 2.75) is 38.9 Å². The van der Waals surface area contributed by atoms with E-state index in [4.69, 9.17) is 14.6 Å². The van der Waals surface area contributed by atoms with Crippen molar-refractivity contribution >= 4 is 34.5 Å². The molecule has 1 N–H and O–H groups in total. The Labute approximate surface area is 242 Å². The lowest BCUT2D eigenvalue weighted by molar-refractivity contribution is -0.0893. The minimum atomic E-state index is -0.978. The maximum atomic E-state index is 10.5. The number of aliphatic hydroxyl groups is 1. The third-order valence-electron chi connectivity index (χ3n) is 8.12. The molecule has 0 aliphatic carbocycles. The first-order valence-corrected chi connectivity index (χ1v) is 14.0. The van der Waals surface area contributed by atoms with Crippen molar-refractivity contribution in [2.24, 2.45) is 0 Å². The van der Waals surface area contributed by atoms with Crippen molar-refractivity contribution in [3.05, 3.63) is 115 Å². The van der Waals surface area contributed by atoms with Gasteiger partial charge in [-0.05, 0) is 55.3 Å². The van der Waals surface area contributed by atoms with Crippen LogP contribution in [0.15, 0.2) is 115 Å². The molecule has 5 aromatic carbocycles. The van der Waals surface area contributed by atoms with Crippen LogP contribution in [0.5, 0.6) is 0 Å². The predicted molar refractivity (Wildman–Crippen MR) is 172 cm³/mol. The van der Waals surface area contributed by atoms with Crippen LogP contribution in [0.3, 0.4) is 0 Å². The SMILES string of the molecule is CC(C)(O)C(C)(C)OBc1cccc(-c2nc(-c3cccc4ccccc34)cc(-c3cccc4ccccc34)n2)c1. The van der Waals surface area contributed by atoms with E-state index in [9.17, 15) is 5.11 Å². The lowest BCUT2D eigenvalue weighted by Gasteiger charge is -2.37. The monoisotopic (exact) mass is 536 g/mol. The third-order valence-corrected chi connectivity index (χ3v) is 8.12. The maximum Gasteiger partial charge on any atom is 0.309 e. The Morgan fingerprint density at radius 2 is 1.12 bits per heavy atom. The summed E-state index contributed by atoms with van der Waals surface area (Å²) in [6.07, 6.45) is 0. The number of hydrogen-bond donors (Lipinski definition) is 1. The van der Waals surface area contributed by atoms with Gasteiger partial charge in [-0.2, -0.15) is 0 Å². The van der Waals surface area contributed by atoms with Crippen LogP contribution in [0.25, 0.3) is 55.4 Å². The van der Waals surface area contributed by atoms with Crippen molar-refractivity contribution in [3.8, 4) is 33.9 Å². The first kappa shape index (κ1) is 26.9. The predicted octanol–water partition coefficient (Wildman–Crippen LogP) is 7.33. The zero-order chi connectivity index (χ0) is 28.6. The Morgan fingerprint density at radius 1 is 0.610 bits per heavy atom. The van der Waals surface area contributed by atoms with E-state index >= 15 is 0 Å². The second-order valence-electron chi connectivity index (χ2n) is 11.6. The summed E-state index contributed by atoms with van der Waals surface area (Å²) in [5, 5.41) is 15.2. The normalized spacial score (nSPS) is 12.1. The van der Waals surface area contributed by atoms with E-state index in [1.54, 1.807) is 13.8 Å². The van der Waals surface area contributed by atoms with Crippen molar-refractivity contribution in [3.63, 3.8) is 0 Å². The second kappa shape index (κ2) is 10.6. The Bertz CT molecular complexity index is 1770. The zero-order valence-electron chi connectivity index (χ0n) is 23.9. The second-order valence-corrected chi connectivity index (χ2v) is 11.6. The summed E-state index contributed by atoms with van der Waals surface area (Å²) in [6.45, 7) is 7.35. The van der Waals surface area contributed by atoms with Gasteiger partial charge in [-0.25, -0.2) is 9.97 Å². The Hall–Kier alpha value is -4.32. The van der Waals surface area contributed by atoms with Gasteiger partial charge in [0.2, 0.25) is 0 Å². The highest BCUT2D eigenvalue weighted by Crippen LogP contribution is 2.34. The summed E-state index contributed by atoms with van der Waals surface area (Å²) in [6, 6.07) is 39.8. The molecule has 6 rings (SSSR count). The number of fused-ring (bicyclic) bond motifs is 2. The molecule has 1 heterocycles. The number of nitrogens with zero attached hydrogens (tertiary/aromatic N) is 2. The first-order chi connectivity index (χ1) is 19.7. The fourth-order valence-corrected chi connectivity index (χ4v) is 4.99. The molecular weight excluding hydrogens is 503 g/mol. The van der Waals surface area contributed by atoms with Crippen LogP contribution in [0, 0.1) is 0 Å². The highest BCUT2D eigenvalue weighted by atomic mass is 16.5. The summed E-state index contributed by atoms with van der Waals surface area (Å²) in [7, 11) is 0.365. The molecule has 41 heavy (non-hydrogen) atoms. The van der Waals surface area contributed by atoms with Crippen molar-refractivity contribution in [2.75, 3.05) is 0 Å². The largest absolute Gasteiger partial charge is 0.427 e. The van der Waals surface area contributed by atoms with Crippen molar-refractivity contribution < 1.29 is 9.76 Å². The van der Waals surface area contributed by atoms with Gasteiger partial charge in [-0.3, -0.25) is 0 Å². The van der Waals surface area contributed by atoms with E-state index < -0.39 is 11.2 Å². The van der Waals surface area contributed by atoms with E-state index in [0.717, 1.165) is 44.3 Å². The van der Waals surface area contributed by atoms with Crippen LogP contribution in [0.2, 0.25) is 0 Å².